The number of benzene rings is 2. The number of tetrazole rings is 1. The van der Waals surface area contributed by atoms with Crippen molar-refractivity contribution in [3.63, 3.8) is 0 Å². The fraction of sp³-hybridized carbons (Fsp3) is 0.174. The van der Waals surface area contributed by atoms with Crippen molar-refractivity contribution in [1.29, 1.82) is 0 Å². The van der Waals surface area contributed by atoms with Crippen molar-refractivity contribution < 1.29 is 19.0 Å². The van der Waals surface area contributed by atoms with Crippen LogP contribution in [0.1, 0.15) is 30.9 Å². The molecule has 4 aromatic rings. The van der Waals surface area contributed by atoms with Crippen molar-refractivity contribution in [3.8, 4) is 28.6 Å². The number of carboxylic acid groups (broad SMARTS) is 1. The lowest BCUT2D eigenvalue weighted by atomic mass is 9.70. The summed E-state index contributed by atoms with van der Waals surface area (Å²) in [5.41, 5.74) is 2.08. The molecule has 2 aromatic heterocycles. The average Bonchev–Trinajstić information content (AvgIpc) is 3.32. The van der Waals surface area contributed by atoms with Gasteiger partial charge in [-0.15, -0.1) is 5.10 Å². The Morgan fingerprint density at radius 3 is 2.56 bits per heavy atom. The number of halogens is 1. The maximum atomic E-state index is 14.6. The third-order valence-electron chi connectivity index (χ3n) is 5.76. The van der Waals surface area contributed by atoms with E-state index in [1.807, 2.05) is 30.3 Å². The monoisotopic (exact) mass is 431 g/mol. The van der Waals surface area contributed by atoms with Crippen LogP contribution in [-0.2, 0) is 4.79 Å². The summed E-state index contributed by atoms with van der Waals surface area (Å²) in [5, 5.41) is 21.0. The van der Waals surface area contributed by atoms with Crippen molar-refractivity contribution in [1.82, 2.24) is 25.2 Å². The molecule has 3 heterocycles. The molecule has 8 nitrogen and oxygen atoms in total. The topological polar surface area (TPSA) is 103 Å². The number of aromatic nitrogens is 5. The van der Waals surface area contributed by atoms with Gasteiger partial charge in [-0.25, -0.2) is 14.1 Å². The van der Waals surface area contributed by atoms with E-state index in [-0.39, 0.29) is 11.6 Å². The molecule has 1 aliphatic rings. The highest BCUT2D eigenvalue weighted by Crippen LogP contribution is 2.52. The van der Waals surface area contributed by atoms with Gasteiger partial charge >= 0.3 is 5.97 Å². The van der Waals surface area contributed by atoms with Gasteiger partial charge in [0.05, 0.1) is 16.8 Å². The zero-order valence-electron chi connectivity index (χ0n) is 17.2. The van der Waals surface area contributed by atoms with Crippen LogP contribution in [0.2, 0.25) is 0 Å². The smallest absolute Gasteiger partial charge is 0.310 e. The molecule has 1 atom stereocenters. The first-order chi connectivity index (χ1) is 15.4. The molecular weight excluding hydrogens is 413 g/mol. The lowest BCUT2D eigenvalue weighted by Gasteiger charge is -2.36. The second-order valence-electron chi connectivity index (χ2n) is 8.11. The van der Waals surface area contributed by atoms with Crippen molar-refractivity contribution in [2.45, 2.75) is 19.8 Å². The second kappa shape index (κ2) is 7.23. The number of fused-ring (bicyclic) bond motifs is 2. The van der Waals surface area contributed by atoms with Gasteiger partial charge in [0.2, 0.25) is 5.88 Å². The number of aliphatic carboxylic acids is 1. The lowest BCUT2D eigenvalue weighted by molar-refractivity contribution is -0.147. The van der Waals surface area contributed by atoms with Gasteiger partial charge in [-0.1, -0.05) is 30.3 Å². The predicted molar refractivity (Wildman–Crippen MR) is 112 cm³/mol. The molecule has 1 N–H and O–H groups in total. The third kappa shape index (κ3) is 3.09. The Morgan fingerprint density at radius 2 is 1.88 bits per heavy atom. The number of nitrogens with zero attached hydrogens (tertiary/aromatic N) is 5. The van der Waals surface area contributed by atoms with E-state index in [2.05, 4.69) is 20.5 Å². The molecule has 0 saturated carbocycles. The number of para-hydroxylation sites is 1. The van der Waals surface area contributed by atoms with Gasteiger partial charge in [-0.3, -0.25) is 4.79 Å². The van der Waals surface area contributed by atoms with Gasteiger partial charge in [-0.2, -0.15) is 0 Å². The summed E-state index contributed by atoms with van der Waals surface area (Å²) in [6.07, 6.45) is 1.50. The maximum Gasteiger partial charge on any atom is 0.310 e. The largest absolute Gasteiger partial charge is 0.481 e. The van der Waals surface area contributed by atoms with Crippen LogP contribution in [0.15, 0.2) is 60.9 Å². The molecular formula is C23H18FN5O3. The molecule has 0 aliphatic carbocycles. The number of rotatable bonds is 4. The lowest BCUT2D eigenvalue weighted by Crippen LogP contribution is -2.34. The number of hydrogen-bond acceptors (Lipinski definition) is 6. The Kier molecular flexibility index (Phi) is 4.47. The van der Waals surface area contributed by atoms with Gasteiger partial charge in [0.15, 0.2) is 11.6 Å². The first kappa shape index (κ1) is 19.8. The highest BCUT2D eigenvalue weighted by atomic mass is 19.1. The zero-order valence-corrected chi connectivity index (χ0v) is 17.2. The minimum Gasteiger partial charge on any atom is -0.481 e. The molecule has 160 valence electrons. The van der Waals surface area contributed by atoms with Crippen molar-refractivity contribution >= 4 is 5.97 Å². The van der Waals surface area contributed by atoms with Gasteiger partial charge in [-0.05, 0) is 48.5 Å². The van der Waals surface area contributed by atoms with Crippen LogP contribution < -0.4 is 4.74 Å². The molecule has 0 spiro atoms. The van der Waals surface area contributed by atoms with Crippen LogP contribution in [0, 0.1) is 11.2 Å². The van der Waals surface area contributed by atoms with Crippen molar-refractivity contribution in [3.05, 3.63) is 77.9 Å². The molecule has 0 radical (unpaired) electrons. The van der Waals surface area contributed by atoms with Gasteiger partial charge in [0, 0.05) is 22.6 Å². The number of carbonyl (C=O) groups is 1. The molecule has 5 rings (SSSR count). The molecule has 9 heteroatoms. The SMILES string of the molecule is CC(C)(C(=O)O)[C@@H]1c2ccc(-c3ccc(-n4cnnn4)cc3)nc2Oc2c(F)cccc21. The molecule has 0 fully saturated rings. The number of ether oxygens (including phenoxy) is 1. The normalized spacial score (nSPS) is 14.9. The van der Waals surface area contributed by atoms with Crippen LogP contribution in [0.4, 0.5) is 4.39 Å². The Morgan fingerprint density at radius 1 is 1.09 bits per heavy atom. The Bertz CT molecular complexity index is 1320. The fourth-order valence-electron chi connectivity index (χ4n) is 4.00. The van der Waals surface area contributed by atoms with Crippen molar-refractivity contribution in [2.24, 2.45) is 5.41 Å². The van der Waals surface area contributed by atoms with Gasteiger partial charge < -0.3 is 9.84 Å². The van der Waals surface area contributed by atoms with E-state index in [0.29, 0.717) is 16.8 Å². The highest BCUT2D eigenvalue weighted by molar-refractivity contribution is 5.77. The van der Waals surface area contributed by atoms with Gasteiger partial charge in [0.25, 0.3) is 0 Å². The summed E-state index contributed by atoms with van der Waals surface area (Å²) >= 11 is 0. The van der Waals surface area contributed by atoms with E-state index >= 15 is 0 Å². The summed E-state index contributed by atoms with van der Waals surface area (Å²) in [6.45, 7) is 3.24. The molecule has 0 bridgehead atoms. The van der Waals surface area contributed by atoms with Crippen LogP contribution in [0.5, 0.6) is 11.6 Å². The molecule has 1 aliphatic heterocycles. The summed E-state index contributed by atoms with van der Waals surface area (Å²) in [4.78, 5) is 16.7. The van der Waals surface area contributed by atoms with E-state index in [9.17, 15) is 14.3 Å². The summed E-state index contributed by atoms with van der Waals surface area (Å²) in [7, 11) is 0. The van der Waals surface area contributed by atoms with Crippen LogP contribution in [0.25, 0.3) is 16.9 Å². The Balaban J connectivity index is 1.59. The second-order valence-corrected chi connectivity index (χ2v) is 8.11. The summed E-state index contributed by atoms with van der Waals surface area (Å²) in [5.74, 6) is -1.97. The first-order valence-electron chi connectivity index (χ1n) is 9.90. The first-order valence-corrected chi connectivity index (χ1v) is 9.90. The van der Waals surface area contributed by atoms with E-state index in [1.54, 1.807) is 32.0 Å². The number of hydrogen-bond donors (Lipinski definition) is 1. The van der Waals surface area contributed by atoms with E-state index in [1.165, 1.54) is 17.1 Å². The van der Waals surface area contributed by atoms with Crippen molar-refractivity contribution in [2.75, 3.05) is 0 Å². The van der Waals surface area contributed by atoms with E-state index in [0.717, 1.165) is 11.3 Å². The van der Waals surface area contributed by atoms with E-state index < -0.39 is 23.1 Å². The number of carboxylic acids is 1. The zero-order chi connectivity index (χ0) is 22.5. The molecule has 0 amide bonds. The molecule has 0 unspecified atom stereocenters. The van der Waals surface area contributed by atoms with Gasteiger partial charge in [0.1, 0.15) is 6.33 Å². The minimum atomic E-state index is -1.21. The third-order valence-corrected chi connectivity index (χ3v) is 5.76. The minimum absolute atomic E-state index is 0.0120. The summed E-state index contributed by atoms with van der Waals surface area (Å²) in [6, 6.07) is 15.6. The summed E-state index contributed by atoms with van der Waals surface area (Å²) < 4.78 is 22.0. The standard InChI is InChI=1S/C23H18FN5O3/c1-23(2,22(30)31)19-15-4-3-5-17(24)20(15)32-21-16(19)10-11-18(26-21)13-6-8-14(9-7-13)29-12-25-27-28-29/h3-12,19H,1-2H3,(H,30,31)/t19-/m0/s1. The van der Waals surface area contributed by atoms with E-state index in [4.69, 9.17) is 4.74 Å². The Labute approximate surface area is 182 Å². The Hall–Kier alpha value is -4.14. The quantitative estimate of drug-likeness (QED) is 0.516. The number of pyridine rings is 1. The molecule has 32 heavy (non-hydrogen) atoms. The van der Waals surface area contributed by atoms with Crippen LogP contribution in [0.3, 0.4) is 0 Å². The molecule has 0 saturated heterocycles. The molecule has 2 aromatic carbocycles. The fourth-order valence-corrected chi connectivity index (χ4v) is 4.00. The van der Waals surface area contributed by atoms with Crippen LogP contribution in [-0.4, -0.2) is 36.3 Å². The average molecular weight is 431 g/mol. The van der Waals surface area contributed by atoms with Crippen LogP contribution >= 0.6 is 0 Å². The maximum absolute atomic E-state index is 14.6. The predicted octanol–water partition coefficient (Wildman–Crippen LogP) is 4.21. The highest BCUT2D eigenvalue weighted by Gasteiger charge is 2.44.